The maximum Gasteiger partial charge on any atom is 0.275 e. The zero-order valence-electron chi connectivity index (χ0n) is 15.2. The number of hydrogen-bond donors (Lipinski definition) is 2. The Morgan fingerprint density at radius 2 is 1.85 bits per heavy atom. The number of aromatic amines is 1. The van der Waals surface area contributed by atoms with Gasteiger partial charge in [0.25, 0.3) is 5.56 Å². The Balaban J connectivity index is 1.47. The van der Waals surface area contributed by atoms with Gasteiger partial charge < -0.3 is 10.6 Å². The number of likely N-dealkylation sites (tertiary alicyclic amines) is 1. The SMILES string of the molecule is NC(=O)c1cccc2[nH]n(C3CCN(CC4CCCCC4)CC3)c(=O)c12. The minimum atomic E-state index is -0.554. The molecule has 1 aliphatic heterocycles. The van der Waals surface area contributed by atoms with E-state index in [4.69, 9.17) is 5.73 Å². The lowest BCUT2D eigenvalue weighted by atomic mass is 9.88. The summed E-state index contributed by atoms with van der Waals surface area (Å²) in [4.78, 5) is 27.1. The number of piperidine rings is 1. The summed E-state index contributed by atoms with van der Waals surface area (Å²) in [6, 6.07) is 5.38. The third-order valence-electron chi connectivity index (χ3n) is 6.17. The molecule has 4 rings (SSSR count). The molecule has 2 heterocycles. The van der Waals surface area contributed by atoms with Gasteiger partial charge in [-0.3, -0.25) is 14.7 Å². The summed E-state index contributed by atoms with van der Waals surface area (Å²) in [6.07, 6.45) is 8.84. The number of carbonyl (C=O) groups excluding carboxylic acids is 1. The molecule has 2 aromatic rings. The molecule has 1 aromatic heterocycles. The van der Waals surface area contributed by atoms with Gasteiger partial charge in [-0.15, -0.1) is 0 Å². The Kier molecular flexibility index (Phi) is 4.85. The number of carbonyl (C=O) groups is 1. The molecule has 1 saturated carbocycles. The molecule has 6 nitrogen and oxygen atoms in total. The lowest BCUT2D eigenvalue weighted by Crippen LogP contribution is -2.40. The summed E-state index contributed by atoms with van der Waals surface area (Å²) >= 11 is 0. The zero-order chi connectivity index (χ0) is 18.1. The van der Waals surface area contributed by atoms with Crippen LogP contribution < -0.4 is 11.3 Å². The fourth-order valence-electron chi connectivity index (χ4n) is 4.73. The molecule has 0 spiro atoms. The number of fused-ring (bicyclic) bond motifs is 1. The van der Waals surface area contributed by atoms with E-state index in [2.05, 4.69) is 10.00 Å². The normalized spacial score (nSPS) is 20.6. The predicted octanol–water partition coefficient (Wildman–Crippen LogP) is 2.65. The van der Waals surface area contributed by atoms with Crippen molar-refractivity contribution in [3.05, 3.63) is 34.1 Å². The highest BCUT2D eigenvalue weighted by Gasteiger charge is 2.26. The smallest absolute Gasteiger partial charge is 0.275 e. The van der Waals surface area contributed by atoms with E-state index >= 15 is 0 Å². The molecule has 140 valence electrons. The number of H-pyrrole nitrogens is 1. The van der Waals surface area contributed by atoms with Crippen molar-refractivity contribution < 1.29 is 4.79 Å². The summed E-state index contributed by atoms with van der Waals surface area (Å²) in [6.45, 7) is 3.28. The number of nitrogens with one attached hydrogen (secondary N) is 1. The van der Waals surface area contributed by atoms with Gasteiger partial charge in [0, 0.05) is 19.6 Å². The van der Waals surface area contributed by atoms with E-state index in [1.807, 2.05) is 6.07 Å². The largest absolute Gasteiger partial charge is 0.366 e. The molecule has 0 unspecified atom stereocenters. The van der Waals surface area contributed by atoms with Crippen molar-refractivity contribution in [2.24, 2.45) is 11.7 Å². The van der Waals surface area contributed by atoms with Crippen molar-refractivity contribution in [1.29, 1.82) is 0 Å². The lowest BCUT2D eigenvalue weighted by molar-refractivity contribution is 0.100. The molecule has 1 saturated heterocycles. The van der Waals surface area contributed by atoms with Crippen LogP contribution in [0.1, 0.15) is 61.3 Å². The molecule has 0 radical (unpaired) electrons. The number of rotatable bonds is 4. The van der Waals surface area contributed by atoms with Crippen LogP contribution in [-0.2, 0) is 0 Å². The standard InChI is InChI=1S/C20H28N4O2/c21-19(25)16-7-4-8-17-18(16)20(26)24(22-17)15-9-11-23(12-10-15)13-14-5-2-1-3-6-14/h4,7-8,14-15,22H,1-3,5-6,9-13H2,(H2,21,25). The fourth-order valence-corrected chi connectivity index (χ4v) is 4.73. The molecule has 2 aliphatic rings. The third-order valence-corrected chi connectivity index (χ3v) is 6.17. The molecule has 1 aromatic carbocycles. The third kappa shape index (κ3) is 3.30. The zero-order valence-corrected chi connectivity index (χ0v) is 15.2. The van der Waals surface area contributed by atoms with Crippen LogP contribution in [0.2, 0.25) is 0 Å². The van der Waals surface area contributed by atoms with E-state index in [9.17, 15) is 9.59 Å². The molecule has 1 aliphatic carbocycles. The Hall–Kier alpha value is -2.08. The van der Waals surface area contributed by atoms with Crippen LogP contribution in [0.25, 0.3) is 10.9 Å². The van der Waals surface area contributed by atoms with Crippen molar-refractivity contribution in [2.45, 2.75) is 51.0 Å². The van der Waals surface area contributed by atoms with Crippen LogP contribution in [0.5, 0.6) is 0 Å². The Bertz CT molecular complexity index is 839. The summed E-state index contributed by atoms with van der Waals surface area (Å²) < 4.78 is 1.72. The van der Waals surface area contributed by atoms with Crippen molar-refractivity contribution in [3.8, 4) is 0 Å². The molecule has 3 N–H and O–H groups in total. The Morgan fingerprint density at radius 1 is 1.12 bits per heavy atom. The number of hydrogen-bond acceptors (Lipinski definition) is 3. The second kappa shape index (κ2) is 7.27. The minimum Gasteiger partial charge on any atom is -0.366 e. The van der Waals surface area contributed by atoms with Gasteiger partial charge in [-0.2, -0.15) is 0 Å². The highest BCUT2D eigenvalue weighted by molar-refractivity contribution is 6.05. The van der Waals surface area contributed by atoms with Gasteiger partial charge in [0.2, 0.25) is 5.91 Å². The molecule has 0 atom stereocenters. The highest BCUT2D eigenvalue weighted by Crippen LogP contribution is 2.28. The Morgan fingerprint density at radius 3 is 2.54 bits per heavy atom. The van der Waals surface area contributed by atoms with Gasteiger partial charge in [-0.05, 0) is 43.7 Å². The second-order valence-electron chi connectivity index (χ2n) is 7.92. The maximum absolute atomic E-state index is 12.9. The first-order valence-corrected chi connectivity index (χ1v) is 9.89. The molecule has 26 heavy (non-hydrogen) atoms. The number of nitrogens with zero attached hydrogens (tertiary/aromatic N) is 2. The quantitative estimate of drug-likeness (QED) is 0.883. The van der Waals surface area contributed by atoms with Gasteiger partial charge in [0.15, 0.2) is 0 Å². The second-order valence-corrected chi connectivity index (χ2v) is 7.92. The van der Waals surface area contributed by atoms with E-state index in [1.165, 1.54) is 38.6 Å². The summed E-state index contributed by atoms with van der Waals surface area (Å²) in [5.74, 6) is 0.301. The van der Waals surface area contributed by atoms with Gasteiger partial charge in [-0.1, -0.05) is 25.3 Å². The van der Waals surface area contributed by atoms with Crippen molar-refractivity contribution >= 4 is 16.8 Å². The number of aromatic nitrogens is 2. The molecular weight excluding hydrogens is 328 g/mol. The van der Waals surface area contributed by atoms with Crippen LogP contribution in [0.15, 0.2) is 23.0 Å². The van der Waals surface area contributed by atoms with Crippen LogP contribution in [0, 0.1) is 5.92 Å². The van der Waals surface area contributed by atoms with Gasteiger partial charge >= 0.3 is 0 Å². The predicted molar refractivity (Wildman–Crippen MR) is 102 cm³/mol. The summed E-state index contributed by atoms with van der Waals surface area (Å²) in [7, 11) is 0. The fraction of sp³-hybridized carbons (Fsp3) is 0.600. The van der Waals surface area contributed by atoms with Crippen LogP contribution in [-0.4, -0.2) is 40.2 Å². The molecular formula is C20H28N4O2. The monoisotopic (exact) mass is 356 g/mol. The first-order chi connectivity index (χ1) is 12.6. The number of benzene rings is 1. The minimum absolute atomic E-state index is 0.125. The summed E-state index contributed by atoms with van der Waals surface area (Å²) in [5.41, 5.74) is 6.30. The van der Waals surface area contributed by atoms with E-state index < -0.39 is 5.91 Å². The number of primary amides is 1. The van der Waals surface area contributed by atoms with Crippen molar-refractivity contribution in [3.63, 3.8) is 0 Å². The van der Waals surface area contributed by atoms with Gasteiger partial charge in [0.1, 0.15) is 0 Å². The van der Waals surface area contributed by atoms with Gasteiger partial charge in [0.05, 0.1) is 22.5 Å². The average Bonchev–Trinajstić information content (AvgIpc) is 3.00. The Labute approximate surface area is 153 Å². The van der Waals surface area contributed by atoms with Crippen molar-refractivity contribution in [2.75, 3.05) is 19.6 Å². The number of amides is 1. The molecule has 1 amide bonds. The maximum atomic E-state index is 12.9. The number of nitrogens with two attached hydrogens (primary N) is 1. The highest BCUT2D eigenvalue weighted by atomic mass is 16.1. The van der Waals surface area contributed by atoms with Crippen LogP contribution in [0.3, 0.4) is 0 Å². The van der Waals surface area contributed by atoms with Crippen LogP contribution in [0.4, 0.5) is 0 Å². The first kappa shape index (κ1) is 17.3. The topological polar surface area (TPSA) is 84.1 Å². The van der Waals surface area contributed by atoms with E-state index in [0.29, 0.717) is 16.5 Å². The van der Waals surface area contributed by atoms with E-state index in [-0.39, 0.29) is 11.6 Å². The van der Waals surface area contributed by atoms with E-state index in [0.717, 1.165) is 31.8 Å². The summed E-state index contributed by atoms with van der Waals surface area (Å²) in [5, 5.41) is 3.62. The molecule has 0 bridgehead atoms. The lowest BCUT2D eigenvalue weighted by Gasteiger charge is -2.35. The van der Waals surface area contributed by atoms with Crippen molar-refractivity contribution in [1.82, 2.24) is 14.7 Å². The average molecular weight is 356 g/mol. The molecule has 6 heteroatoms. The van der Waals surface area contributed by atoms with E-state index in [1.54, 1.807) is 16.8 Å². The molecule has 2 fully saturated rings. The van der Waals surface area contributed by atoms with Gasteiger partial charge in [-0.25, -0.2) is 4.68 Å². The van der Waals surface area contributed by atoms with Crippen LogP contribution >= 0.6 is 0 Å². The first-order valence-electron chi connectivity index (χ1n) is 9.89.